The predicted molar refractivity (Wildman–Crippen MR) is 82.1 cm³/mol. The zero-order chi connectivity index (χ0) is 16.7. The van der Waals surface area contributed by atoms with Crippen molar-refractivity contribution in [1.82, 2.24) is 10.2 Å². The number of benzene rings is 1. The van der Waals surface area contributed by atoms with Crippen molar-refractivity contribution >= 4 is 17.7 Å². The van der Waals surface area contributed by atoms with Gasteiger partial charge in [0.2, 0.25) is 0 Å². The highest BCUT2D eigenvalue weighted by Gasteiger charge is 2.20. The normalized spacial score (nSPS) is 10.2. The van der Waals surface area contributed by atoms with E-state index in [0.717, 1.165) is 0 Å². The van der Waals surface area contributed by atoms with Gasteiger partial charge in [-0.3, -0.25) is 10.1 Å². The molecule has 0 saturated heterocycles. The van der Waals surface area contributed by atoms with Crippen LogP contribution in [0.5, 0.6) is 11.5 Å². The number of carbonyl (C=O) groups excluding carboxylic acids is 1. The standard InChI is InChI=1S/C14H21N3O5/c1-17(2)6-5-15-13(18)12-10(21-3)7-9(16-14(19)20)8-11(12)22-4/h7-8,16H,5-6H2,1-4H3,(H,15,18)(H,19,20). The number of rotatable bonds is 7. The van der Waals surface area contributed by atoms with Crippen molar-refractivity contribution in [3.05, 3.63) is 17.7 Å². The molecule has 0 spiro atoms. The highest BCUT2D eigenvalue weighted by Crippen LogP contribution is 2.32. The lowest BCUT2D eigenvalue weighted by atomic mass is 10.1. The molecule has 8 nitrogen and oxygen atoms in total. The summed E-state index contributed by atoms with van der Waals surface area (Å²) < 4.78 is 10.3. The summed E-state index contributed by atoms with van der Waals surface area (Å²) in [6.07, 6.45) is -1.22. The van der Waals surface area contributed by atoms with Gasteiger partial charge in [-0.1, -0.05) is 0 Å². The third kappa shape index (κ3) is 4.81. The van der Waals surface area contributed by atoms with Crippen LogP contribution in [0.3, 0.4) is 0 Å². The first-order chi connectivity index (χ1) is 10.4. The molecule has 1 aromatic carbocycles. The zero-order valence-electron chi connectivity index (χ0n) is 13.1. The van der Waals surface area contributed by atoms with E-state index < -0.39 is 6.09 Å². The average molecular weight is 311 g/mol. The Kier molecular flexibility index (Phi) is 6.46. The Balaban J connectivity index is 3.05. The number of nitrogens with zero attached hydrogens (tertiary/aromatic N) is 1. The van der Waals surface area contributed by atoms with E-state index >= 15 is 0 Å². The van der Waals surface area contributed by atoms with E-state index in [1.165, 1.54) is 26.4 Å². The molecule has 0 aliphatic carbocycles. The van der Waals surface area contributed by atoms with Gasteiger partial charge in [0.25, 0.3) is 5.91 Å². The van der Waals surface area contributed by atoms with Gasteiger partial charge in [-0.05, 0) is 14.1 Å². The molecule has 1 aromatic rings. The lowest BCUT2D eigenvalue weighted by Gasteiger charge is -2.16. The zero-order valence-corrected chi connectivity index (χ0v) is 13.1. The van der Waals surface area contributed by atoms with Crippen LogP contribution in [0.4, 0.5) is 10.5 Å². The van der Waals surface area contributed by atoms with Crippen LogP contribution in [0.25, 0.3) is 0 Å². The van der Waals surface area contributed by atoms with Crippen LogP contribution in [0.1, 0.15) is 10.4 Å². The first kappa shape index (κ1) is 17.6. The summed E-state index contributed by atoms with van der Waals surface area (Å²) >= 11 is 0. The van der Waals surface area contributed by atoms with Gasteiger partial charge in [-0.15, -0.1) is 0 Å². The van der Waals surface area contributed by atoms with Crippen LogP contribution in [0, 0.1) is 0 Å². The first-order valence-electron chi connectivity index (χ1n) is 6.58. The SMILES string of the molecule is COc1cc(NC(=O)O)cc(OC)c1C(=O)NCCN(C)C. The van der Waals surface area contributed by atoms with E-state index in [2.05, 4.69) is 10.6 Å². The van der Waals surface area contributed by atoms with Crippen LogP contribution >= 0.6 is 0 Å². The monoisotopic (exact) mass is 311 g/mol. The molecule has 8 heteroatoms. The molecule has 0 aromatic heterocycles. The second-order valence-electron chi connectivity index (χ2n) is 4.75. The smallest absolute Gasteiger partial charge is 0.409 e. The molecule has 0 unspecified atom stereocenters. The number of ether oxygens (including phenoxy) is 2. The molecule has 122 valence electrons. The van der Waals surface area contributed by atoms with Gasteiger partial charge in [0.05, 0.1) is 19.9 Å². The number of carbonyl (C=O) groups is 2. The largest absolute Gasteiger partial charge is 0.496 e. The van der Waals surface area contributed by atoms with Gasteiger partial charge in [-0.2, -0.15) is 0 Å². The summed E-state index contributed by atoms with van der Waals surface area (Å²) in [5.41, 5.74) is 0.478. The minimum absolute atomic E-state index is 0.222. The predicted octanol–water partition coefficient (Wildman–Crippen LogP) is 1.09. The lowest BCUT2D eigenvalue weighted by Crippen LogP contribution is -2.31. The number of anilines is 1. The minimum Gasteiger partial charge on any atom is -0.496 e. The van der Waals surface area contributed by atoms with Gasteiger partial charge >= 0.3 is 6.09 Å². The van der Waals surface area contributed by atoms with Crippen LogP contribution in [-0.4, -0.2) is 63.4 Å². The van der Waals surface area contributed by atoms with Gasteiger partial charge in [-0.25, -0.2) is 4.79 Å². The Morgan fingerprint density at radius 3 is 2.14 bits per heavy atom. The molecule has 0 saturated carbocycles. The second kappa shape index (κ2) is 8.08. The topological polar surface area (TPSA) is 100 Å². The Labute approximate surface area is 129 Å². The van der Waals surface area contributed by atoms with E-state index in [4.69, 9.17) is 14.6 Å². The quantitative estimate of drug-likeness (QED) is 0.697. The fourth-order valence-corrected chi connectivity index (χ4v) is 1.81. The maximum absolute atomic E-state index is 12.3. The van der Waals surface area contributed by atoms with E-state index in [1.54, 1.807) is 0 Å². The van der Waals surface area contributed by atoms with Crippen molar-refractivity contribution < 1.29 is 24.2 Å². The average Bonchev–Trinajstić information content (AvgIpc) is 2.44. The van der Waals surface area contributed by atoms with Gasteiger partial charge in [0.15, 0.2) is 0 Å². The maximum Gasteiger partial charge on any atom is 0.409 e. The highest BCUT2D eigenvalue weighted by molar-refractivity contribution is 6.01. The minimum atomic E-state index is -1.22. The molecular weight excluding hydrogens is 290 g/mol. The summed E-state index contributed by atoms with van der Waals surface area (Å²) in [7, 11) is 6.60. The number of carboxylic acid groups (broad SMARTS) is 1. The molecular formula is C14H21N3O5. The molecule has 0 atom stereocenters. The van der Waals surface area contributed by atoms with Gasteiger partial charge < -0.3 is 24.8 Å². The number of methoxy groups -OCH3 is 2. The molecule has 0 aliphatic rings. The Hall–Kier alpha value is -2.48. The third-order valence-corrected chi connectivity index (χ3v) is 2.83. The Bertz CT molecular complexity index is 520. The maximum atomic E-state index is 12.3. The number of likely N-dealkylation sites (N-methyl/N-ethyl adjacent to an activating group) is 1. The van der Waals surface area contributed by atoms with E-state index in [9.17, 15) is 9.59 Å². The van der Waals surface area contributed by atoms with Crippen molar-refractivity contribution in [1.29, 1.82) is 0 Å². The number of nitrogens with one attached hydrogen (secondary N) is 2. The first-order valence-corrected chi connectivity index (χ1v) is 6.58. The van der Waals surface area contributed by atoms with Crippen LogP contribution in [0.2, 0.25) is 0 Å². The summed E-state index contributed by atoms with van der Waals surface area (Å²) in [5.74, 6) is 0.105. The van der Waals surface area contributed by atoms with Crippen molar-refractivity contribution in [3.8, 4) is 11.5 Å². The Morgan fingerprint density at radius 2 is 1.73 bits per heavy atom. The molecule has 0 radical (unpaired) electrons. The number of hydrogen-bond acceptors (Lipinski definition) is 5. The van der Waals surface area contributed by atoms with E-state index in [1.807, 2.05) is 19.0 Å². The molecule has 0 heterocycles. The molecule has 22 heavy (non-hydrogen) atoms. The number of amides is 2. The van der Waals surface area contributed by atoms with Crippen molar-refractivity contribution in [2.75, 3.05) is 46.7 Å². The van der Waals surface area contributed by atoms with Crippen LogP contribution in [0.15, 0.2) is 12.1 Å². The van der Waals surface area contributed by atoms with Gasteiger partial charge in [0.1, 0.15) is 17.1 Å². The second-order valence-corrected chi connectivity index (χ2v) is 4.75. The van der Waals surface area contributed by atoms with Crippen LogP contribution < -0.4 is 20.1 Å². The van der Waals surface area contributed by atoms with Crippen LogP contribution in [-0.2, 0) is 0 Å². The molecule has 1 rings (SSSR count). The van der Waals surface area contributed by atoms with Crippen molar-refractivity contribution in [3.63, 3.8) is 0 Å². The van der Waals surface area contributed by atoms with E-state index in [0.29, 0.717) is 13.1 Å². The van der Waals surface area contributed by atoms with E-state index in [-0.39, 0.29) is 28.7 Å². The fraction of sp³-hybridized carbons (Fsp3) is 0.429. The summed E-state index contributed by atoms with van der Waals surface area (Å²) in [5, 5.41) is 13.7. The molecule has 2 amide bonds. The summed E-state index contributed by atoms with van der Waals surface area (Å²) in [6.45, 7) is 1.16. The van der Waals surface area contributed by atoms with Crippen molar-refractivity contribution in [2.45, 2.75) is 0 Å². The molecule has 0 fully saturated rings. The Morgan fingerprint density at radius 1 is 1.18 bits per heavy atom. The highest BCUT2D eigenvalue weighted by atomic mass is 16.5. The third-order valence-electron chi connectivity index (χ3n) is 2.83. The van der Waals surface area contributed by atoms with Crippen molar-refractivity contribution in [2.24, 2.45) is 0 Å². The number of hydrogen-bond donors (Lipinski definition) is 3. The van der Waals surface area contributed by atoms with Gasteiger partial charge in [0, 0.05) is 25.2 Å². The lowest BCUT2D eigenvalue weighted by molar-refractivity contribution is 0.0945. The fourth-order valence-electron chi connectivity index (χ4n) is 1.81. The molecule has 3 N–H and O–H groups in total. The summed E-state index contributed by atoms with van der Waals surface area (Å²) in [6, 6.07) is 2.86. The molecule has 0 aliphatic heterocycles. The summed E-state index contributed by atoms with van der Waals surface area (Å²) in [4.78, 5) is 24.9. The molecule has 0 bridgehead atoms.